The van der Waals surface area contributed by atoms with E-state index in [1.54, 1.807) is 0 Å². The summed E-state index contributed by atoms with van der Waals surface area (Å²) in [6.07, 6.45) is 6.85. The average Bonchev–Trinajstić information content (AvgIpc) is 3.26. The van der Waals surface area contributed by atoms with Crippen molar-refractivity contribution < 1.29 is 9.84 Å². The Hall–Kier alpha value is -2.21. The highest BCUT2D eigenvalue weighted by molar-refractivity contribution is 5.74. The number of hydrogen-bond donors (Lipinski definition) is 2. The lowest BCUT2D eigenvalue weighted by atomic mass is 9.53. The van der Waals surface area contributed by atoms with Gasteiger partial charge in [-0.15, -0.1) is 0 Å². The number of nitrogens with zero attached hydrogens (tertiary/aromatic N) is 2. The molecule has 5 heteroatoms. The summed E-state index contributed by atoms with van der Waals surface area (Å²) < 4.78 is 6.20. The number of methoxy groups -OCH3 is 1. The van der Waals surface area contributed by atoms with Crippen LogP contribution in [0.25, 0.3) is 11.0 Å². The number of aromatic amines is 1. The zero-order chi connectivity index (χ0) is 22.9. The third-order valence-corrected chi connectivity index (χ3v) is 8.38. The van der Waals surface area contributed by atoms with Crippen LogP contribution in [0, 0.1) is 11.8 Å². The molecule has 0 saturated heterocycles. The van der Waals surface area contributed by atoms with Gasteiger partial charge in [0.1, 0.15) is 5.82 Å². The molecule has 0 spiro atoms. The Balaban J connectivity index is 1.15. The topological polar surface area (TPSA) is 61.4 Å². The fourth-order valence-electron chi connectivity index (χ4n) is 6.47. The summed E-state index contributed by atoms with van der Waals surface area (Å²) in [6, 6.07) is 18.8. The molecule has 3 saturated carbocycles. The van der Waals surface area contributed by atoms with Gasteiger partial charge >= 0.3 is 0 Å². The molecule has 6 rings (SSSR count). The van der Waals surface area contributed by atoms with Gasteiger partial charge in [0, 0.05) is 20.1 Å². The molecule has 33 heavy (non-hydrogen) atoms. The number of H-pyrrole nitrogens is 1. The Morgan fingerprint density at radius 2 is 1.79 bits per heavy atom. The number of ether oxygens (including phenoxy) is 1. The normalized spacial score (nSPS) is 29.2. The molecule has 0 aliphatic heterocycles. The molecule has 2 bridgehead atoms. The molecule has 2 aromatic carbocycles. The van der Waals surface area contributed by atoms with E-state index in [4.69, 9.17) is 4.74 Å². The van der Waals surface area contributed by atoms with Gasteiger partial charge in [-0.25, -0.2) is 4.98 Å². The van der Waals surface area contributed by atoms with Crippen LogP contribution < -0.4 is 0 Å². The van der Waals surface area contributed by atoms with E-state index in [9.17, 15) is 5.11 Å². The molecule has 3 fully saturated rings. The van der Waals surface area contributed by atoms with E-state index in [0.29, 0.717) is 11.8 Å². The number of hydrogen-bond acceptors (Lipinski definition) is 4. The molecule has 176 valence electrons. The first kappa shape index (κ1) is 22.6. The van der Waals surface area contributed by atoms with Gasteiger partial charge in [-0.1, -0.05) is 42.5 Å². The number of aromatic nitrogens is 2. The molecule has 1 heterocycles. The van der Waals surface area contributed by atoms with Crippen LogP contribution >= 0.6 is 0 Å². The molecular weight excluding hydrogens is 410 g/mol. The molecule has 3 aromatic rings. The van der Waals surface area contributed by atoms with Crippen LogP contribution in [0.15, 0.2) is 54.6 Å². The zero-order valence-electron chi connectivity index (χ0n) is 20.0. The van der Waals surface area contributed by atoms with Crippen LogP contribution in [0.4, 0.5) is 0 Å². The van der Waals surface area contributed by atoms with Crippen molar-refractivity contribution in [2.24, 2.45) is 11.8 Å². The summed E-state index contributed by atoms with van der Waals surface area (Å²) in [5.74, 6) is 1.73. The number of aliphatic hydroxyl groups is 1. The summed E-state index contributed by atoms with van der Waals surface area (Å²) in [4.78, 5) is 10.5. The maximum absolute atomic E-state index is 11.7. The number of aryl methyl sites for hydroxylation is 1. The van der Waals surface area contributed by atoms with Gasteiger partial charge < -0.3 is 19.7 Å². The Morgan fingerprint density at radius 1 is 1.03 bits per heavy atom. The summed E-state index contributed by atoms with van der Waals surface area (Å²) in [5, 5.41) is 11.7. The number of benzene rings is 2. The van der Waals surface area contributed by atoms with Crippen molar-refractivity contribution in [3.63, 3.8) is 0 Å². The summed E-state index contributed by atoms with van der Waals surface area (Å²) in [6.45, 7) is 1.93. The van der Waals surface area contributed by atoms with E-state index in [2.05, 4.69) is 64.4 Å². The molecule has 3 aliphatic rings. The SMILES string of the molecule is CO[C@]1(c2ccccc2)CC2CCC1CC2(O)CCN(C)CCCc1nc2ccccc2[nH]1. The third-order valence-electron chi connectivity index (χ3n) is 8.38. The summed E-state index contributed by atoms with van der Waals surface area (Å²) >= 11 is 0. The minimum Gasteiger partial charge on any atom is -0.390 e. The predicted octanol–water partition coefficient (Wildman–Crippen LogP) is 4.91. The van der Waals surface area contributed by atoms with Gasteiger partial charge in [0.25, 0.3) is 0 Å². The van der Waals surface area contributed by atoms with Crippen molar-refractivity contribution in [1.82, 2.24) is 14.9 Å². The van der Waals surface area contributed by atoms with E-state index < -0.39 is 5.60 Å². The zero-order valence-corrected chi connectivity index (χ0v) is 20.0. The lowest BCUT2D eigenvalue weighted by Crippen LogP contribution is -2.58. The predicted molar refractivity (Wildman–Crippen MR) is 132 cm³/mol. The van der Waals surface area contributed by atoms with Crippen molar-refractivity contribution in [3.05, 3.63) is 66.0 Å². The lowest BCUT2D eigenvalue weighted by Gasteiger charge is -2.58. The second-order valence-corrected chi connectivity index (χ2v) is 10.3. The first-order valence-corrected chi connectivity index (χ1v) is 12.5. The van der Waals surface area contributed by atoms with E-state index >= 15 is 0 Å². The van der Waals surface area contributed by atoms with Gasteiger partial charge in [0.15, 0.2) is 0 Å². The molecule has 2 N–H and O–H groups in total. The van der Waals surface area contributed by atoms with Crippen molar-refractivity contribution in [1.29, 1.82) is 0 Å². The minimum atomic E-state index is -0.577. The van der Waals surface area contributed by atoms with E-state index in [0.717, 1.165) is 74.9 Å². The Morgan fingerprint density at radius 3 is 2.52 bits per heavy atom. The van der Waals surface area contributed by atoms with Gasteiger partial charge in [0.05, 0.1) is 22.2 Å². The van der Waals surface area contributed by atoms with Crippen LogP contribution in [-0.4, -0.2) is 52.8 Å². The van der Waals surface area contributed by atoms with Crippen LogP contribution in [0.3, 0.4) is 0 Å². The highest BCUT2D eigenvalue weighted by Gasteiger charge is 2.57. The second-order valence-electron chi connectivity index (χ2n) is 10.3. The molecule has 1 aromatic heterocycles. The maximum Gasteiger partial charge on any atom is 0.107 e. The van der Waals surface area contributed by atoms with Crippen molar-refractivity contribution in [2.45, 2.75) is 56.1 Å². The van der Waals surface area contributed by atoms with Crippen molar-refractivity contribution in [2.75, 3.05) is 27.2 Å². The van der Waals surface area contributed by atoms with Gasteiger partial charge in [-0.2, -0.15) is 0 Å². The first-order valence-electron chi connectivity index (χ1n) is 12.5. The van der Waals surface area contributed by atoms with E-state index in [-0.39, 0.29) is 5.60 Å². The number of rotatable bonds is 9. The largest absolute Gasteiger partial charge is 0.390 e. The van der Waals surface area contributed by atoms with E-state index in [1.165, 1.54) is 5.56 Å². The average molecular weight is 448 g/mol. The van der Waals surface area contributed by atoms with Crippen molar-refractivity contribution >= 4 is 11.0 Å². The smallest absolute Gasteiger partial charge is 0.107 e. The molecule has 5 nitrogen and oxygen atoms in total. The maximum atomic E-state index is 11.7. The Kier molecular flexibility index (Phi) is 6.30. The van der Waals surface area contributed by atoms with Gasteiger partial charge in [-0.05, 0) is 81.6 Å². The highest BCUT2D eigenvalue weighted by atomic mass is 16.5. The van der Waals surface area contributed by atoms with Crippen LogP contribution in [0.5, 0.6) is 0 Å². The second kappa shape index (κ2) is 9.21. The number of imidazole rings is 1. The molecule has 0 radical (unpaired) electrons. The monoisotopic (exact) mass is 447 g/mol. The highest BCUT2D eigenvalue weighted by Crippen LogP contribution is 2.58. The van der Waals surface area contributed by atoms with Gasteiger partial charge in [-0.3, -0.25) is 0 Å². The fourth-order valence-corrected chi connectivity index (χ4v) is 6.47. The molecule has 3 aliphatic carbocycles. The quantitative estimate of drug-likeness (QED) is 0.489. The lowest BCUT2D eigenvalue weighted by molar-refractivity contribution is -0.207. The standard InChI is InChI=1S/C28H37N3O2/c1-31(17-8-13-26-29-24-11-6-7-12-25(24)30-26)18-16-27(32)19-23-15-14-22(27)20-28(23,33-2)21-9-4-3-5-10-21/h3-7,9-12,22-23,32H,8,13-20H2,1-2H3,(H,29,30)/t22?,23?,27?,28-/m0/s1. The Bertz CT molecular complexity index is 1030. The molecular formula is C28H37N3O2. The van der Waals surface area contributed by atoms with Crippen molar-refractivity contribution in [3.8, 4) is 0 Å². The molecule has 4 atom stereocenters. The van der Waals surface area contributed by atoms with E-state index in [1.807, 2.05) is 19.2 Å². The first-order chi connectivity index (χ1) is 16.0. The number of para-hydroxylation sites is 2. The fraction of sp³-hybridized carbons (Fsp3) is 0.536. The van der Waals surface area contributed by atoms with Crippen LogP contribution in [0.1, 0.15) is 49.9 Å². The minimum absolute atomic E-state index is 0.241. The summed E-state index contributed by atoms with van der Waals surface area (Å²) in [7, 11) is 4.02. The van der Waals surface area contributed by atoms with Crippen LogP contribution in [0.2, 0.25) is 0 Å². The Labute approximate surface area is 197 Å². The number of nitrogens with one attached hydrogen (secondary N) is 1. The molecule has 0 amide bonds. The molecule has 3 unspecified atom stereocenters. The summed E-state index contributed by atoms with van der Waals surface area (Å²) in [5.41, 5.74) is 2.60. The third kappa shape index (κ3) is 4.34. The number of fused-ring (bicyclic) bond motifs is 4. The van der Waals surface area contributed by atoms with Crippen LogP contribution in [-0.2, 0) is 16.8 Å². The van der Waals surface area contributed by atoms with Gasteiger partial charge in [0.2, 0.25) is 0 Å².